The van der Waals surface area contributed by atoms with Gasteiger partial charge in [0, 0.05) is 19.0 Å². The summed E-state index contributed by atoms with van der Waals surface area (Å²) in [6.07, 6.45) is 1.51. The molecule has 27 heavy (non-hydrogen) atoms. The zero-order chi connectivity index (χ0) is 18.8. The quantitative estimate of drug-likeness (QED) is 0.698. The highest BCUT2D eigenvalue weighted by molar-refractivity contribution is 6.01. The average Bonchev–Trinajstić information content (AvgIpc) is 3.14. The van der Waals surface area contributed by atoms with Crippen molar-refractivity contribution in [3.05, 3.63) is 71.6 Å². The fourth-order valence-corrected chi connectivity index (χ4v) is 3.54. The predicted molar refractivity (Wildman–Crippen MR) is 98.7 cm³/mol. The first-order chi connectivity index (χ1) is 13.1. The fourth-order valence-electron chi connectivity index (χ4n) is 3.54. The molecule has 2 aromatic carbocycles. The number of amides is 1. The second kappa shape index (κ2) is 7.31. The number of benzene rings is 2. The van der Waals surface area contributed by atoms with Crippen molar-refractivity contribution in [2.24, 2.45) is 0 Å². The third-order valence-corrected chi connectivity index (χ3v) is 4.97. The van der Waals surface area contributed by atoms with E-state index in [4.69, 9.17) is 4.52 Å². The summed E-state index contributed by atoms with van der Waals surface area (Å²) in [5, 5.41) is 3.84. The highest BCUT2D eigenvalue weighted by Crippen LogP contribution is 2.30. The minimum absolute atomic E-state index is 0.145. The van der Waals surface area contributed by atoms with E-state index in [2.05, 4.69) is 10.1 Å². The summed E-state index contributed by atoms with van der Waals surface area (Å²) in [7, 11) is 0. The van der Waals surface area contributed by atoms with Crippen molar-refractivity contribution in [3.63, 3.8) is 0 Å². The molecule has 1 amide bonds. The van der Waals surface area contributed by atoms with Gasteiger partial charge in [0.15, 0.2) is 5.82 Å². The highest BCUT2D eigenvalue weighted by Gasteiger charge is 2.29. The van der Waals surface area contributed by atoms with E-state index in [1.165, 1.54) is 12.1 Å². The van der Waals surface area contributed by atoms with Crippen molar-refractivity contribution in [1.82, 2.24) is 15.0 Å². The first kappa shape index (κ1) is 17.4. The van der Waals surface area contributed by atoms with Gasteiger partial charge in [0.25, 0.3) is 5.91 Å². The van der Waals surface area contributed by atoms with Crippen LogP contribution in [0.5, 0.6) is 0 Å². The molecule has 4 rings (SSSR count). The molecule has 0 radical (unpaired) electrons. The van der Waals surface area contributed by atoms with Crippen LogP contribution in [0, 0.1) is 12.7 Å². The summed E-state index contributed by atoms with van der Waals surface area (Å²) < 4.78 is 19.1. The molecule has 1 fully saturated rings. The molecule has 0 saturated carbocycles. The molecule has 0 N–H and O–H groups in total. The van der Waals surface area contributed by atoms with Crippen molar-refractivity contribution in [2.75, 3.05) is 13.1 Å². The number of nitrogens with zero attached hydrogens (tertiary/aromatic N) is 3. The highest BCUT2D eigenvalue weighted by atomic mass is 19.1. The molecule has 0 bridgehead atoms. The molecule has 1 aromatic heterocycles. The molecule has 0 atom stereocenters. The van der Waals surface area contributed by atoms with Gasteiger partial charge in [0.2, 0.25) is 5.89 Å². The van der Waals surface area contributed by atoms with Crippen LogP contribution in [0.4, 0.5) is 4.39 Å². The molecule has 1 aliphatic heterocycles. The van der Waals surface area contributed by atoms with Crippen LogP contribution in [0.3, 0.4) is 0 Å². The maximum atomic E-state index is 13.9. The third kappa shape index (κ3) is 3.60. The van der Waals surface area contributed by atoms with E-state index < -0.39 is 5.82 Å². The molecule has 5 nitrogen and oxygen atoms in total. The molecule has 138 valence electrons. The molecule has 0 spiro atoms. The van der Waals surface area contributed by atoms with Crippen LogP contribution < -0.4 is 0 Å². The van der Waals surface area contributed by atoms with E-state index in [1.807, 2.05) is 30.3 Å². The summed E-state index contributed by atoms with van der Waals surface area (Å²) in [5.41, 5.74) is 2.04. The minimum Gasteiger partial charge on any atom is -0.339 e. The largest absolute Gasteiger partial charge is 0.339 e. The topological polar surface area (TPSA) is 59.2 Å². The van der Waals surface area contributed by atoms with Crippen molar-refractivity contribution in [1.29, 1.82) is 0 Å². The molecule has 6 heteroatoms. The first-order valence-electron chi connectivity index (χ1n) is 9.06. The third-order valence-electron chi connectivity index (χ3n) is 4.97. The van der Waals surface area contributed by atoms with Gasteiger partial charge in [-0.15, -0.1) is 0 Å². The van der Waals surface area contributed by atoms with Crippen LogP contribution in [-0.4, -0.2) is 34.0 Å². The number of aryl methyl sites for hydroxylation is 1. The van der Waals surface area contributed by atoms with Gasteiger partial charge in [0.1, 0.15) is 5.82 Å². The van der Waals surface area contributed by atoms with E-state index in [0.717, 1.165) is 24.0 Å². The second-order valence-corrected chi connectivity index (χ2v) is 6.80. The van der Waals surface area contributed by atoms with Crippen molar-refractivity contribution < 1.29 is 13.7 Å². The number of piperidine rings is 1. The van der Waals surface area contributed by atoms with Crippen LogP contribution in [0.1, 0.15) is 40.8 Å². The maximum absolute atomic E-state index is 13.9. The van der Waals surface area contributed by atoms with Gasteiger partial charge in [-0.3, -0.25) is 4.79 Å². The van der Waals surface area contributed by atoms with E-state index in [1.54, 1.807) is 17.9 Å². The average molecular weight is 365 g/mol. The van der Waals surface area contributed by atoms with Crippen molar-refractivity contribution >= 4 is 5.91 Å². The molecule has 2 heterocycles. The lowest BCUT2D eigenvalue weighted by molar-refractivity contribution is 0.0705. The summed E-state index contributed by atoms with van der Waals surface area (Å²) in [6.45, 7) is 2.95. The van der Waals surface area contributed by atoms with Crippen molar-refractivity contribution in [3.8, 4) is 11.1 Å². The molecule has 1 saturated heterocycles. The minimum atomic E-state index is -0.408. The standard InChI is InChI=1S/C21H20FN3O2/c1-14-23-20(27-24-14)16-9-11-25(12-10-16)21(26)19-13-17(22)7-8-18(19)15-5-3-2-4-6-15/h2-8,13,16H,9-12H2,1H3. The first-order valence-corrected chi connectivity index (χ1v) is 9.06. The van der Waals surface area contributed by atoms with Crippen LogP contribution in [-0.2, 0) is 0 Å². The molecule has 3 aromatic rings. The Hall–Kier alpha value is -3.02. The van der Waals surface area contributed by atoms with E-state index in [0.29, 0.717) is 30.4 Å². The lowest BCUT2D eigenvalue weighted by Gasteiger charge is -2.31. The Morgan fingerprint density at radius 2 is 1.89 bits per heavy atom. The Kier molecular flexibility index (Phi) is 4.71. The van der Waals surface area contributed by atoms with Gasteiger partial charge in [-0.25, -0.2) is 4.39 Å². The smallest absolute Gasteiger partial charge is 0.254 e. The molecular weight excluding hydrogens is 345 g/mol. The van der Waals surface area contributed by atoms with E-state index in [-0.39, 0.29) is 11.8 Å². The van der Waals surface area contributed by atoms with Gasteiger partial charge in [-0.2, -0.15) is 4.98 Å². The fraction of sp³-hybridized carbons (Fsp3) is 0.286. The lowest BCUT2D eigenvalue weighted by atomic mass is 9.94. The van der Waals surface area contributed by atoms with Gasteiger partial charge < -0.3 is 9.42 Å². The number of likely N-dealkylation sites (tertiary alicyclic amines) is 1. The van der Waals surface area contributed by atoms with Gasteiger partial charge >= 0.3 is 0 Å². The second-order valence-electron chi connectivity index (χ2n) is 6.80. The monoisotopic (exact) mass is 365 g/mol. The number of rotatable bonds is 3. The normalized spacial score (nSPS) is 15.1. The number of hydrogen-bond acceptors (Lipinski definition) is 4. The summed E-state index contributed by atoms with van der Waals surface area (Å²) >= 11 is 0. The predicted octanol–water partition coefficient (Wildman–Crippen LogP) is 4.20. The van der Waals surface area contributed by atoms with Crippen molar-refractivity contribution in [2.45, 2.75) is 25.7 Å². The van der Waals surface area contributed by atoms with Crippen LogP contribution in [0.15, 0.2) is 53.1 Å². The zero-order valence-electron chi connectivity index (χ0n) is 15.1. The van der Waals surface area contributed by atoms with Crippen LogP contribution in [0.2, 0.25) is 0 Å². The zero-order valence-corrected chi connectivity index (χ0v) is 15.1. The van der Waals surface area contributed by atoms with Crippen LogP contribution in [0.25, 0.3) is 11.1 Å². The van der Waals surface area contributed by atoms with E-state index in [9.17, 15) is 9.18 Å². The maximum Gasteiger partial charge on any atom is 0.254 e. The SMILES string of the molecule is Cc1noc(C2CCN(C(=O)c3cc(F)ccc3-c3ccccc3)CC2)n1. The van der Waals surface area contributed by atoms with Crippen LogP contribution >= 0.6 is 0 Å². The summed E-state index contributed by atoms with van der Waals surface area (Å²) in [5.74, 6) is 0.866. The van der Waals surface area contributed by atoms with Gasteiger partial charge in [0.05, 0.1) is 5.56 Å². The summed E-state index contributed by atoms with van der Waals surface area (Å²) in [4.78, 5) is 19.2. The molecule has 1 aliphatic rings. The number of carbonyl (C=O) groups is 1. The number of halogens is 1. The van der Waals surface area contributed by atoms with E-state index >= 15 is 0 Å². The number of hydrogen-bond donors (Lipinski definition) is 0. The molecular formula is C21H20FN3O2. The Balaban J connectivity index is 1.54. The lowest BCUT2D eigenvalue weighted by Crippen LogP contribution is -2.38. The van der Waals surface area contributed by atoms with Gasteiger partial charge in [-0.1, -0.05) is 41.6 Å². The molecule has 0 unspecified atom stereocenters. The Labute approximate surface area is 156 Å². The molecule has 0 aliphatic carbocycles. The number of aromatic nitrogens is 2. The number of carbonyl (C=O) groups excluding carboxylic acids is 1. The van der Waals surface area contributed by atoms with Gasteiger partial charge in [-0.05, 0) is 43.0 Å². The Morgan fingerprint density at radius 3 is 2.56 bits per heavy atom. The Morgan fingerprint density at radius 1 is 1.15 bits per heavy atom. The Bertz CT molecular complexity index is 947. The summed E-state index contributed by atoms with van der Waals surface area (Å²) in [6, 6.07) is 14.0.